The fourth-order valence-electron chi connectivity index (χ4n) is 4.67. The molecule has 7 heteroatoms. The smallest absolute Gasteiger partial charge is 0.300 e. The van der Waals surface area contributed by atoms with Gasteiger partial charge < -0.3 is 14.4 Å². The number of nitrogens with zero attached hydrogens (tertiary/aromatic N) is 2. The van der Waals surface area contributed by atoms with Gasteiger partial charge in [-0.15, -0.1) is 0 Å². The summed E-state index contributed by atoms with van der Waals surface area (Å²) in [5.74, 6) is -0.516. The molecule has 34 heavy (non-hydrogen) atoms. The number of aliphatic hydroxyl groups excluding tert-OH is 1. The first kappa shape index (κ1) is 22.5. The van der Waals surface area contributed by atoms with Crippen molar-refractivity contribution in [2.45, 2.75) is 25.8 Å². The molecule has 2 aliphatic rings. The van der Waals surface area contributed by atoms with E-state index in [4.69, 9.17) is 4.42 Å². The molecule has 3 heterocycles. The third kappa shape index (κ3) is 4.05. The number of Topliss-reactive ketones (excluding diaryl/α,β-unsaturated/α-hetero) is 1. The predicted octanol–water partition coefficient (Wildman–Crippen LogP) is 5.90. The van der Waals surface area contributed by atoms with Crippen molar-refractivity contribution < 1.29 is 19.1 Å². The third-order valence-electron chi connectivity index (χ3n) is 6.65. The van der Waals surface area contributed by atoms with Crippen molar-refractivity contribution in [3.05, 3.63) is 88.3 Å². The zero-order valence-electron chi connectivity index (χ0n) is 18.8. The molecule has 1 atom stereocenters. The minimum atomic E-state index is -0.861. The number of hydrogen-bond acceptors (Lipinski definition) is 5. The van der Waals surface area contributed by atoms with Crippen LogP contribution in [0.3, 0.4) is 0 Å². The zero-order chi connectivity index (χ0) is 23.8. The lowest BCUT2D eigenvalue weighted by Gasteiger charge is -2.32. The molecule has 2 aliphatic heterocycles. The van der Waals surface area contributed by atoms with E-state index in [1.165, 1.54) is 11.2 Å². The number of furan rings is 1. The summed E-state index contributed by atoms with van der Waals surface area (Å²) in [5.41, 5.74) is 2.13. The van der Waals surface area contributed by atoms with Crippen molar-refractivity contribution in [1.82, 2.24) is 0 Å². The van der Waals surface area contributed by atoms with Crippen molar-refractivity contribution in [2.24, 2.45) is 5.92 Å². The Labute approximate surface area is 206 Å². The maximum atomic E-state index is 13.2. The van der Waals surface area contributed by atoms with Gasteiger partial charge in [-0.1, -0.05) is 35.0 Å². The van der Waals surface area contributed by atoms with Gasteiger partial charge in [0.2, 0.25) is 0 Å². The van der Waals surface area contributed by atoms with Gasteiger partial charge in [-0.05, 0) is 67.3 Å². The van der Waals surface area contributed by atoms with Crippen molar-refractivity contribution in [3.63, 3.8) is 0 Å². The second-order valence-corrected chi connectivity index (χ2v) is 9.79. The largest absolute Gasteiger partial charge is 0.507 e. The van der Waals surface area contributed by atoms with Crippen LogP contribution in [0.1, 0.15) is 37.1 Å². The Morgan fingerprint density at radius 1 is 0.971 bits per heavy atom. The number of piperidine rings is 1. The lowest BCUT2D eigenvalue weighted by molar-refractivity contribution is -0.132. The van der Waals surface area contributed by atoms with Crippen LogP contribution in [0.25, 0.3) is 5.76 Å². The molecular formula is C27H25BrN2O4. The van der Waals surface area contributed by atoms with E-state index >= 15 is 0 Å². The number of ketones is 1. The van der Waals surface area contributed by atoms with Crippen molar-refractivity contribution in [1.29, 1.82) is 0 Å². The lowest BCUT2D eigenvalue weighted by Crippen LogP contribution is -2.33. The number of rotatable bonds is 4. The molecule has 0 aliphatic carbocycles. The highest BCUT2D eigenvalue weighted by molar-refractivity contribution is 9.10. The predicted molar refractivity (Wildman–Crippen MR) is 135 cm³/mol. The van der Waals surface area contributed by atoms with Crippen LogP contribution in [0.4, 0.5) is 11.4 Å². The summed E-state index contributed by atoms with van der Waals surface area (Å²) in [6, 6.07) is 17.2. The molecule has 0 radical (unpaired) electrons. The van der Waals surface area contributed by atoms with Gasteiger partial charge in [0.25, 0.3) is 11.7 Å². The van der Waals surface area contributed by atoms with Gasteiger partial charge in [0, 0.05) is 34.5 Å². The zero-order valence-corrected chi connectivity index (χ0v) is 20.4. The highest BCUT2D eigenvalue weighted by Crippen LogP contribution is 2.42. The fourth-order valence-corrected chi connectivity index (χ4v) is 4.93. The molecule has 6 nitrogen and oxygen atoms in total. The third-order valence-corrected chi connectivity index (χ3v) is 7.18. The van der Waals surface area contributed by atoms with Crippen LogP contribution in [0.2, 0.25) is 0 Å². The summed E-state index contributed by atoms with van der Waals surface area (Å²) in [7, 11) is 0. The number of carbonyl (C=O) groups is 2. The first-order chi connectivity index (χ1) is 16.4. The van der Waals surface area contributed by atoms with Gasteiger partial charge in [0.15, 0.2) is 0 Å². The molecule has 3 aromatic rings. The molecular weight excluding hydrogens is 496 g/mol. The van der Waals surface area contributed by atoms with Gasteiger partial charge in [-0.2, -0.15) is 0 Å². The summed E-state index contributed by atoms with van der Waals surface area (Å²) in [4.78, 5) is 30.1. The number of benzene rings is 2. The van der Waals surface area contributed by atoms with Crippen LogP contribution in [0, 0.1) is 5.92 Å². The topological polar surface area (TPSA) is 74.0 Å². The molecule has 2 fully saturated rings. The molecule has 0 spiro atoms. The van der Waals surface area contributed by atoms with E-state index in [9.17, 15) is 14.7 Å². The first-order valence-electron chi connectivity index (χ1n) is 11.4. The number of halogens is 1. The Balaban J connectivity index is 1.54. The Hall–Kier alpha value is -3.32. The van der Waals surface area contributed by atoms with Crippen LogP contribution in [-0.2, 0) is 9.59 Å². The van der Waals surface area contributed by atoms with Crippen LogP contribution in [0.15, 0.2) is 81.4 Å². The summed E-state index contributed by atoms with van der Waals surface area (Å²) in [6.07, 6.45) is 3.81. The highest BCUT2D eigenvalue weighted by atomic mass is 79.9. The molecule has 2 aromatic carbocycles. The van der Waals surface area contributed by atoms with E-state index in [0.717, 1.165) is 42.0 Å². The molecule has 1 unspecified atom stereocenters. The highest BCUT2D eigenvalue weighted by Gasteiger charge is 2.48. The van der Waals surface area contributed by atoms with E-state index in [1.54, 1.807) is 36.4 Å². The van der Waals surface area contributed by atoms with Gasteiger partial charge in [0.1, 0.15) is 17.6 Å². The average molecular weight is 521 g/mol. The SMILES string of the molecule is CC1CCN(c2ccc(N3C(=O)C(=O)/C(=C(\O)c4ccc(Br)cc4)C3c3ccco3)cc2)CC1. The Morgan fingerprint density at radius 3 is 2.24 bits per heavy atom. The first-order valence-corrected chi connectivity index (χ1v) is 12.2. The van der Waals surface area contributed by atoms with Gasteiger partial charge >= 0.3 is 0 Å². The molecule has 174 valence electrons. The normalized spacial score (nSPS) is 20.8. The number of anilines is 2. The van der Waals surface area contributed by atoms with Crippen LogP contribution in [0.5, 0.6) is 0 Å². The molecule has 1 N–H and O–H groups in total. The molecule has 0 saturated carbocycles. The van der Waals surface area contributed by atoms with Gasteiger partial charge in [-0.3, -0.25) is 14.5 Å². The monoisotopic (exact) mass is 520 g/mol. The summed E-state index contributed by atoms with van der Waals surface area (Å²) in [6.45, 7) is 4.29. The maximum absolute atomic E-state index is 13.2. The minimum absolute atomic E-state index is 0.0105. The maximum Gasteiger partial charge on any atom is 0.300 e. The van der Waals surface area contributed by atoms with E-state index in [2.05, 4.69) is 27.8 Å². The number of amides is 1. The second kappa shape index (κ2) is 9.14. The van der Waals surface area contributed by atoms with Crippen LogP contribution >= 0.6 is 15.9 Å². The van der Waals surface area contributed by atoms with E-state index in [-0.39, 0.29) is 11.3 Å². The number of hydrogen-bond donors (Lipinski definition) is 1. The van der Waals surface area contributed by atoms with Crippen LogP contribution < -0.4 is 9.80 Å². The van der Waals surface area contributed by atoms with Gasteiger partial charge in [0.05, 0.1) is 11.8 Å². The lowest BCUT2D eigenvalue weighted by atomic mass is 9.98. The number of aliphatic hydroxyl groups is 1. The van der Waals surface area contributed by atoms with Crippen molar-refractivity contribution >= 4 is 44.8 Å². The molecule has 0 bridgehead atoms. The van der Waals surface area contributed by atoms with E-state index in [1.807, 2.05) is 24.3 Å². The average Bonchev–Trinajstić information content (AvgIpc) is 3.47. The molecule has 5 rings (SSSR count). The van der Waals surface area contributed by atoms with Crippen molar-refractivity contribution in [3.8, 4) is 0 Å². The summed E-state index contributed by atoms with van der Waals surface area (Å²) in [5, 5.41) is 11.1. The minimum Gasteiger partial charge on any atom is -0.507 e. The summed E-state index contributed by atoms with van der Waals surface area (Å²) >= 11 is 3.37. The van der Waals surface area contributed by atoms with Crippen molar-refractivity contribution in [2.75, 3.05) is 22.9 Å². The second-order valence-electron chi connectivity index (χ2n) is 8.88. The van der Waals surface area contributed by atoms with E-state index in [0.29, 0.717) is 17.0 Å². The van der Waals surface area contributed by atoms with E-state index < -0.39 is 17.7 Å². The fraction of sp³-hybridized carbons (Fsp3) is 0.259. The standard InChI is InChI=1S/C27H25BrN2O4/c1-17-12-14-29(15-13-17)20-8-10-21(11-9-20)30-24(22-3-2-16-34-22)23(26(32)27(30)33)25(31)18-4-6-19(28)7-5-18/h2-11,16-17,24,31H,12-15H2,1H3/b25-23-. The number of carbonyl (C=O) groups excluding carboxylic acids is 2. The molecule has 1 amide bonds. The van der Waals surface area contributed by atoms with Crippen LogP contribution in [-0.4, -0.2) is 29.9 Å². The molecule has 2 saturated heterocycles. The summed E-state index contributed by atoms with van der Waals surface area (Å²) < 4.78 is 6.47. The van der Waals surface area contributed by atoms with Gasteiger partial charge in [-0.25, -0.2) is 0 Å². The quantitative estimate of drug-likeness (QED) is 0.263. The Kier molecular flexibility index (Phi) is 6.04. The molecule has 1 aromatic heterocycles. The Morgan fingerprint density at radius 2 is 1.62 bits per heavy atom. The Bertz CT molecular complexity index is 1220.